The van der Waals surface area contributed by atoms with Crippen LogP contribution in [0.25, 0.3) is 16.6 Å². The van der Waals surface area contributed by atoms with E-state index in [-0.39, 0.29) is 17.5 Å². The number of para-hydroxylation sites is 1. The van der Waals surface area contributed by atoms with Gasteiger partial charge in [0.25, 0.3) is 5.56 Å². The van der Waals surface area contributed by atoms with Crippen molar-refractivity contribution in [3.8, 4) is 5.69 Å². The largest absolute Gasteiger partial charge is 0.333 e. The van der Waals surface area contributed by atoms with Gasteiger partial charge in [0, 0.05) is 13.0 Å². The Kier molecular flexibility index (Phi) is 8.81. The number of amides is 1. The first kappa shape index (κ1) is 24.7. The molecule has 0 bridgehead atoms. The maximum absolute atomic E-state index is 13.6. The number of rotatable bonds is 11. The fourth-order valence-corrected chi connectivity index (χ4v) is 4.32. The molecule has 3 aromatic rings. The Labute approximate surface area is 197 Å². The Balaban J connectivity index is 2.12. The Morgan fingerprint density at radius 3 is 2.45 bits per heavy atom. The average molecular weight is 448 g/mol. The van der Waals surface area contributed by atoms with Crippen molar-refractivity contribution in [1.29, 1.82) is 0 Å². The second-order valence-corrected chi connectivity index (χ2v) is 8.89. The van der Waals surface area contributed by atoms with Crippen LogP contribution in [-0.2, 0) is 4.79 Å². The average Bonchev–Trinajstić information content (AvgIpc) is 2.81. The summed E-state index contributed by atoms with van der Waals surface area (Å²) in [7, 11) is 0. The van der Waals surface area contributed by atoms with E-state index < -0.39 is 0 Å². The molecule has 1 atom stereocenters. The Morgan fingerprint density at radius 1 is 1.00 bits per heavy atom. The second-order valence-electron chi connectivity index (χ2n) is 8.89. The fourth-order valence-electron chi connectivity index (χ4n) is 4.32. The monoisotopic (exact) mass is 447 g/mol. The van der Waals surface area contributed by atoms with Gasteiger partial charge in [-0.1, -0.05) is 63.8 Å². The van der Waals surface area contributed by atoms with E-state index in [1.807, 2.05) is 67.3 Å². The van der Waals surface area contributed by atoms with Crippen molar-refractivity contribution in [2.75, 3.05) is 6.54 Å². The quantitative estimate of drug-likeness (QED) is 0.322. The third-order valence-electron chi connectivity index (χ3n) is 6.22. The third kappa shape index (κ3) is 5.89. The molecule has 1 heterocycles. The number of carbonyl (C=O) groups excluding carboxylic acids is 1. The lowest BCUT2D eigenvalue weighted by molar-refractivity contribution is -0.133. The summed E-state index contributed by atoms with van der Waals surface area (Å²) < 4.78 is 1.70. The van der Waals surface area contributed by atoms with Gasteiger partial charge in [-0.25, -0.2) is 4.98 Å². The maximum atomic E-state index is 13.6. The van der Waals surface area contributed by atoms with Gasteiger partial charge in [0.15, 0.2) is 0 Å². The molecule has 0 aliphatic heterocycles. The molecular weight excluding hydrogens is 410 g/mol. The van der Waals surface area contributed by atoms with Crippen LogP contribution in [0.4, 0.5) is 0 Å². The van der Waals surface area contributed by atoms with E-state index in [0.717, 1.165) is 49.8 Å². The van der Waals surface area contributed by atoms with Crippen LogP contribution in [0, 0.1) is 6.92 Å². The molecule has 0 aliphatic carbocycles. The highest BCUT2D eigenvalue weighted by atomic mass is 16.2. The number of carbonyl (C=O) groups is 1. The number of aryl methyl sites for hydroxylation is 1. The van der Waals surface area contributed by atoms with Gasteiger partial charge in [0.05, 0.1) is 22.6 Å². The van der Waals surface area contributed by atoms with Crippen LogP contribution < -0.4 is 5.56 Å². The third-order valence-corrected chi connectivity index (χ3v) is 6.22. The van der Waals surface area contributed by atoms with Gasteiger partial charge >= 0.3 is 0 Å². The lowest BCUT2D eigenvalue weighted by Crippen LogP contribution is -2.38. The molecule has 1 aromatic heterocycles. The maximum Gasteiger partial charge on any atom is 0.266 e. The predicted octanol–water partition coefficient (Wildman–Crippen LogP) is 6.35. The summed E-state index contributed by atoms with van der Waals surface area (Å²) in [5, 5.41) is 0.585. The van der Waals surface area contributed by atoms with Gasteiger partial charge in [-0.05, 0) is 56.5 Å². The highest BCUT2D eigenvalue weighted by Crippen LogP contribution is 2.25. The standard InChI is InChI=1S/C28H37N3O2/c1-5-7-9-18-26(32)30(19-12-8-6-2)22(4)27-29-25-17-11-10-16-24(25)28(33)31(27)23-15-13-14-21(3)20-23/h10-11,13-17,20,22H,5-9,12,18-19H2,1-4H3. The summed E-state index contributed by atoms with van der Waals surface area (Å²) in [4.78, 5) is 33.8. The summed E-state index contributed by atoms with van der Waals surface area (Å²) in [5.41, 5.74) is 2.42. The van der Waals surface area contributed by atoms with Crippen molar-refractivity contribution >= 4 is 16.8 Å². The van der Waals surface area contributed by atoms with Crippen LogP contribution in [0.15, 0.2) is 53.3 Å². The van der Waals surface area contributed by atoms with Crippen molar-refractivity contribution in [1.82, 2.24) is 14.5 Å². The summed E-state index contributed by atoms with van der Waals surface area (Å²) in [6.07, 6.45) is 6.66. The van der Waals surface area contributed by atoms with E-state index in [9.17, 15) is 9.59 Å². The number of hydrogen-bond acceptors (Lipinski definition) is 3. The minimum Gasteiger partial charge on any atom is -0.333 e. The van der Waals surface area contributed by atoms with Crippen molar-refractivity contribution in [3.05, 3.63) is 70.3 Å². The lowest BCUT2D eigenvalue weighted by atomic mass is 10.1. The van der Waals surface area contributed by atoms with Crippen molar-refractivity contribution in [3.63, 3.8) is 0 Å². The molecular formula is C28H37N3O2. The van der Waals surface area contributed by atoms with E-state index >= 15 is 0 Å². The molecule has 176 valence electrons. The zero-order chi connectivity index (χ0) is 23.8. The number of benzene rings is 2. The molecule has 0 N–H and O–H groups in total. The first-order valence-electron chi connectivity index (χ1n) is 12.4. The predicted molar refractivity (Wildman–Crippen MR) is 136 cm³/mol. The first-order chi connectivity index (χ1) is 16.0. The van der Waals surface area contributed by atoms with Crippen LogP contribution >= 0.6 is 0 Å². The molecule has 0 aliphatic rings. The molecule has 2 aromatic carbocycles. The van der Waals surface area contributed by atoms with Gasteiger partial charge in [-0.2, -0.15) is 0 Å². The first-order valence-corrected chi connectivity index (χ1v) is 12.4. The van der Waals surface area contributed by atoms with Crippen LogP contribution in [0.1, 0.15) is 83.1 Å². The molecule has 0 saturated heterocycles. The van der Waals surface area contributed by atoms with Crippen molar-refractivity contribution in [2.45, 2.75) is 78.7 Å². The van der Waals surface area contributed by atoms with Gasteiger partial charge in [-0.3, -0.25) is 14.2 Å². The van der Waals surface area contributed by atoms with E-state index in [1.165, 1.54) is 0 Å². The van der Waals surface area contributed by atoms with Crippen LogP contribution in [-0.4, -0.2) is 26.9 Å². The molecule has 0 fully saturated rings. The highest BCUT2D eigenvalue weighted by molar-refractivity contribution is 5.79. The summed E-state index contributed by atoms with van der Waals surface area (Å²) in [5.74, 6) is 0.759. The van der Waals surface area contributed by atoms with Crippen LogP contribution in [0.2, 0.25) is 0 Å². The number of hydrogen-bond donors (Lipinski definition) is 0. The van der Waals surface area contributed by atoms with E-state index in [4.69, 9.17) is 4.98 Å². The summed E-state index contributed by atoms with van der Waals surface area (Å²) in [6, 6.07) is 15.0. The molecule has 0 spiro atoms. The topological polar surface area (TPSA) is 55.2 Å². The summed E-state index contributed by atoms with van der Waals surface area (Å²) >= 11 is 0. The zero-order valence-corrected chi connectivity index (χ0v) is 20.5. The van der Waals surface area contributed by atoms with Crippen molar-refractivity contribution in [2.24, 2.45) is 0 Å². The van der Waals surface area contributed by atoms with E-state index in [1.54, 1.807) is 4.57 Å². The SMILES string of the molecule is CCCCCC(=O)N(CCCCC)C(C)c1nc2ccccc2c(=O)n1-c1cccc(C)c1. The van der Waals surface area contributed by atoms with Crippen LogP contribution in [0.5, 0.6) is 0 Å². The molecule has 1 amide bonds. The second kappa shape index (κ2) is 11.8. The lowest BCUT2D eigenvalue weighted by Gasteiger charge is -2.31. The number of unbranched alkanes of at least 4 members (excludes halogenated alkanes) is 4. The summed E-state index contributed by atoms with van der Waals surface area (Å²) in [6.45, 7) is 9.01. The Morgan fingerprint density at radius 2 is 1.73 bits per heavy atom. The van der Waals surface area contributed by atoms with E-state index in [2.05, 4.69) is 13.8 Å². The minimum absolute atomic E-state index is 0.0972. The van der Waals surface area contributed by atoms with Gasteiger partial charge in [0.2, 0.25) is 5.91 Å². The molecule has 1 unspecified atom stereocenters. The molecule has 3 rings (SSSR count). The smallest absolute Gasteiger partial charge is 0.266 e. The minimum atomic E-state index is -0.311. The molecule has 5 nitrogen and oxygen atoms in total. The Hall–Kier alpha value is -2.95. The fraction of sp³-hybridized carbons (Fsp3) is 0.464. The molecule has 33 heavy (non-hydrogen) atoms. The number of fused-ring (bicyclic) bond motifs is 1. The van der Waals surface area contributed by atoms with Crippen LogP contribution in [0.3, 0.4) is 0 Å². The normalized spacial score (nSPS) is 12.1. The number of aromatic nitrogens is 2. The zero-order valence-electron chi connectivity index (χ0n) is 20.5. The van der Waals surface area contributed by atoms with E-state index in [0.29, 0.717) is 29.7 Å². The van der Waals surface area contributed by atoms with Crippen molar-refractivity contribution < 1.29 is 4.79 Å². The molecule has 5 heteroatoms. The Bertz CT molecular complexity index is 1140. The van der Waals surface area contributed by atoms with Gasteiger partial charge in [-0.15, -0.1) is 0 Å². The molecule has 0 radical (unpaired) electrons. The van der Waals surface area contributed by atoms with Gasteiger partial charge in [0.1, 0.15) is 5.82 Å². The number of nitrogens with zero attached hydrogens (tertiary/aromatic N) is 3. The van der Waals surface area contributed by atoms with Gasteiger partial charge < -0.3 is 4.90 Å². The molecule has 0 saturated carbocycles. The highest BCUT2D eigenvalue weighted by Gasteiger charge is 2.26.